The number of aliphatic hydroxyl groups excluding tert-OH is 5. The predicted molar refractivity (Wildman–Crippen MR) is 175 cm³/mol. The second-order valence-corrected chi connectivity index (χ2v) is 12.7. The third kappa shape index (κ3) is 18.8. The SMILES string of the molecule is CCCCC/C=C/CCCC[C@@H](O)[C@H](CO[C@@H]1O[C@H](CO)[C@@H](O)C(O)C1O)NC(=O)CCCCCCCCCCCCCC. The Kier molecular flexibility index (Phi) is 25.2. The molecule has 7 atom stereocenters. The van der Waals surface area contributed by atoms with E-state index in [0.29, 0.717) is 12.8 Å². The van der Waals surface area contributed by atoms with Gasteiger partial charge in [-0.15, -0.1) is 0 Å². The van der Waals surface area contributed by atoms with Crippen molar-refractivity contribution in [1.29, 1.82) is 0 Å². The van der Waals surface area contributed by atoms with E-state index < -0.39 is 49.5 Å². The molecule has 1 amide bonds. The molecule has 0 spiro atoms. The van der Waals surface area contributed by atoms with Gasteiger partial charge in [0, 0.05) is 6.42 Å². The van der Waals surface area contributed by atoms with E-state index >= 15 is 0 Å². The maximum Gasteiger partial charge on any atom is 0.220 e. The molecule has 0 bridgehead atoms. The van der Waals surface area contributed by atoms with E-state index in [1.807, 2.05) is 0 Å². The lowest BCUT2D eigenvalue weighted by atomic mass is 9.99. The first kappa shape index (κ1) is 41.0. The lowest BCUT2D eigenvalue weighted by molar-refractivity contribution is -0.302. The van der Waals surface area contributed by atoms with Crippen LogP contribution in [-0.4, -0.2) is 87.5 Å². The number of hydrogen-bond acceptors (Lipinski definition) is 8. The summed E-state index contributed by atoms with van der Waals surface area (Å²) in [7, 11) is 0. The molecular formula is C35H67NO8. The van der Waals surface area contributed by atoms with E-state index in [9.17, 15) is 30.3 Å². The summed E-state index contributed by atoms with van der Waals surface area (Å²) in [6.45, 7) is 3.73. The van der Waals surface area contributed by atoms with E-state index in [0.717, 1.165) is 44.9 Å². The van der Waals surface area contributed by atoms with Crippen LogP contribution in [0.5, 0.6) is 0 Å². The Morgan fingerprint density at radius 1 is 0.750 bits per heavy atom. The summed E-state index contributed by atoms with van der Waals surface area (Å²) < 4.78 is 11.1. The topological polar surface area (TPSA) is 149 Å². The van der Waals surface area contributed by atoms with Crippen LogP contribution in [0, 0.1) is 0 Å². The molecule has 1 heterocycles. The maximum atomic E-state index is 12.8. The minimum atomic E-state index is -1.55. The normalized spacial score (nSPS) is 23.7. The number of ether oxygens (including phenoxy) is 2. The van der Waals surface area contributed by atoms with Crippen LogP contribution in [0.2, 0.25) is 0 Å². The van der Waals surface area contributed by atoms with Gasteiger partial charge in [-0.1, -0.05) is 116 Å². The predicted octanol–water partition coefficient (Wildman–Crippen LogP) is 5.44. The zero-order valence-corrected chi connectivity index (χ0v) is 27.9. The first-order valence-corrected chi connectivity index (χ1v) is 17.9. The highest BCUT2D eigenvalue weighted by Gasteiger charge is 2.44. The van der Waals surface area contributed by atoms with Crippen molar-refractivity contribution in [2.75, 3.05) is 13.2 Å². The molecule has 1 saturated heterocycles. The molecule has 1 aliphatic heterocycles. The Hall–Kier alpha value is -1.07. The largest absolute Gasteiger partial charge is 0.394 e. The number of nitrogens with one attached hydrogen (secondary N) is 1. The summed E-state index contributed by atoms with van der Waals surface area (Å²) in [5.41, 5.74) is 0. The summed E-state index contributed by atoms with van der Waals surface area (Å²) in [6.07, 6.45) is 19.4. The molecule has 260 valence electrons. The molecule has 0 aromatic heterocycles. The molecule has 0 aromatic rings. The highest BCUT2D eigenvalue weighted by molar-refractivity contribution is 5.76. The van der Waals surface area contributed by atoms with E-state index in [2.05, 4.69) is 31.3 Å². The first-order valence-electron chi connectivity index (χ1n) is 17.9. The van der Waals surface area contributed by atoms with E-state index in [1.165, 1.54) is 77.0 Å². The molecule has 0 radical (unpaired) electrons. The third-order valence-electron chi connectivity index (χ3n) is 8.62. The Balaban J connectivity index is 2.47. The van der Waals surface area contributed by atoms with Crippen LogP contribution in [0.15, 0.2) is 12.2 Å². The van der Waals surface area contributed by atoms with Crippen LogP contribution in [-0.2, 0) is 14.3 Å². The maximum absolute atomic E-state index is 12.8. The minimum Gasteiger partial charge on any atom is -0.394 e. The number of carbonyl (C=O) groups is 1. The van der Waals surface area contributed by atoms with E-state index in [-0.39, 0.29) is 12.5 Å². The molecule has 0 aromatic carbocycles. The molecule has 0 aliphatic carbocycles. The van der Waals surface area contributed by atoms with Crippen LogP contribution in [0.3, 0.4) is 0 Å². The van der Waals surface area contributed by atoms with Crippen LogP contribution in [0.4, 0.5) is 0 Å². The minimum absolute atomic E-state index is 0.147. The number of aliphatic hydroxyl groups is 5. The molecule has 1 fully saturated rings. The lowest BCUT2D eigenvalue weighted by Crippen LogP contribution is -2.60. The molecule has 2 unspecified atom stereocenters. The summed E-state index contributed by atoms with van der Waals surface area (Å²) in [5, 5.41) is 53.8. The smallest absolute Gasteiger partial charge is 0.220 e. The van der Waals surface area contributed by atoms with Crippen molar-refractivity contribution in [2.24, 2.45) is 0 Å². The lowest BCUT2D eigenvalue weighted by Gasteiger charge is -2.40. The zero-order chi connectivity index (χ0) is 32.4. The molecular weight excluding hydrogens is 562 g/mol. The molecule has 6 N–H and O–H groups in total. The monoisotopic (exact) mass is 629 g/mol. The molecule has 0 saturated carbocycles. The molecule has 9 nitrogen and oxygen atoms in total. The quantitative estimate of drug-likeness (QED) is 0.0495. The van der Waals surface area contributed by atoms with Gasteiger partial charge in [-0.2, -0.15) is 0 Å². The standard InChI is InChI=1S/C35H67NO8/c1-3-5-7-9-11-13-14-15-17-19-21-23-25-31(39)36-28(29(38)24-22-20-18-16-12-10-8-6-4-2)27-43-35-34(42)33(41)32(40)30(26-37)44-35/h12,16,28-30,32-35,37-38,40-42H,3-11,13-15,17-27H2,1-2H3,(H,36,39)/b16-12+/t28-,29+,30+,32+,33?,34?,35+/m0/s1. The van der Waals surface area contributed by atoms with Crippen LogP contribution >= 0.6 is 0 Å². The van der Waals surface area contributed by atoms with Crippen molar-refractivity contribution in [3.05, 3.63) is 12.2 Å². The Morgan fingerprint density at radius 3 is 1.84 bits per heavy atom. The average Bonchev–Trinajstić information content (AvgIpc) is 3.02. The van der Waals surface area contributed by atoms with Crippen molar-refractivity contribution in [3.8, 4) is 0 Å². The van der Waals surface area contributed by atoms with Gasteiger partial charge in [0.25, 0.3) is 0 Å². The number of hydrogen-bond donors (Lipinski definition) is 6. The summed E-state index contributed by atoms with van der Waals surface area (Å²) in [4.78, 5) is 12.8. The second kappa shape index (κ2) is 27.1. The molecule has 9 heteroatoms. The first-order chi connectivity index (χ1) is 21.3. The fourth-order valence-corrected chi connectivity index (χ4v) is 5.62. The average molecular weight is 630 g/mol. The van der Waals surface area contributed by atoms with Gasteiger partial charge in [0.2, 0.25) is 5.91 Å². The van der Waals surface area contributed by atoms with E-state index in [4.69, 9.17) is 9.47 Å². The fourth-order valence-electron chi connectivity index (χ4n) is 5.62. The Labute approximate surface area is 267 Å². The molecule has 44 heavy (non-hydrogen) atoms. The number of rotatable bonds is 28. The van der Waals surface area contributed by atoms with E-state index in [1.54, 1.807) is 0 Å². The molecule has 1 rings (SSSR count). The summed E-state index contributed by atoms with van der Waals surface area (Å²) in [6, 6.07) is -0.725. The van der Waals surface area contributed by atoms with Gasteiger partial charge < -0.3 is 40.3 Å². The van der Waals surface area contributed by atoms with Gasteiger partial charge >= 0.3 is 0 Å². The zero-order valence-electron chi connectivity index (χ0n) is 27.9. The van der Waals surface area contributed by atoms with Crippen LogP contribution in [0.25, 0.3) is 0 Å². The van der Waals surface area contributed by atoms with Crippen LogP contribution < -0.4 is 5.32 Å². The molecule has 1 aliphatic rings. The van der Waals surface area contributed by atoms with Crippen molar-refractivity contribution in [2.45, 2.75) is 192 Å². The third-order valence-corrected chi connectivity index (χ3v) is 8.62. The number of allylic oxidation sites excluding steroid dienone is 2. The van der Waals surface area contributed by atoms with Gasteiger partial charge in [0.1, 0.15) is 24.4 Å². The Morgan fingerprint density at radius 2 is 1.27 bits per heavy atom. The van der Waals surface area contributed by atoms with Crippen molar-refractivity contribution in [1.82, 2.24) is 5.32 Å². The highest BCUT2D eigenvalue weighted by atomic mass is 16.7. The highest BCUT2D eigenvalue weighted by Crippen LogP contribution is 2.22. The van der Waals surface area contributed by atoms with Crippen molar-refractivity contribution in [3.63, 3.8) is 0 Å². The number of unbranched alkanes of at least 4 members (excludes halogenated alkanes) is 16. The van der Waals surface area contributed by atoms with Crippen LogP contribution in [0.1, 0.15) is 149 Å². The van der Waals surface area contributed by atoms with Gasteiger partial charge in [-0.25, -0.2) is 0 Å². The summed E-state index contributed by atoms with van der Waals surface area (Å²) in [5.74, 6) is -0.159. The number of carbonyl (C=O) groups excluding carboxylic acids is 1. The number of amides is 1. The Bertz CT molecular complexity index is 706. The van der Waals surface area contributed by atoms with Gasteiger partial charge in [-0.05, 0) is 38.5 Å². The second-order valence-electron chi connectivity index (χ2n) is 12.7. The fraction of sp³-hybridized carbons (Fsp3) is 0.914. The van der Waals surface area contributed by atoms with Crippen molar-refractivity contribution >= 4 is 5.91 Å². The van der Waals surface area contributed by atoms with Gasteiger partial charge in [0.15, 0.2) is 6.29 Å². The van der Waals surface area contributed by atoms with Crippen molar-refractivity contribution < 1.29 is 39.8 Å². The van der Waals surface area contributed by atoms with Gasteiger partial charge in [-0.3, -0.25) is 4.79 Å². The summed E-state index contributed by atoms with van der Waals surface area (Å²) >= 11 is 0. The van der Waals surface area contributed by atoms with Gasteiger partial charge in [0.05, 0.1) is 25.4 Å².